The highest BCUT2D eigenvalue weighted by atomic mass is 35.5. The third-order valence-corrected chi connectivity index (χ3v) is 5.68. The Morgan fingerprint density at radius 3 is 2.58 bits per heavy atom. The van der Waals surface area contributed by atoms with Crippen molar-refractivity contribution in [1.82, 2.24) is 20.1 Å². The summed E-state index contributed by atoms with van der Waals surface area (Å²) in [5.41, 5.74) is 1.99. The Morgan fingerprint density at radius 1 is 1.12 bits per heavy atom. The predicted octanol–water partition coefficient (Wildman–Crippen LogP) is 3.20. The minimum absolute atomic E-state index is 0.117. The van der Waals surface area contributed by atoms with Crippen LogP contribution in [0.2, 0.25) is 5.02 Å². The van der Waals surface area contributed by atoms with E-state index in [4.69, 9.17) is 11.6 Å². The van der Waals surface area contributed by atoms with E-state index in [-0.39, 0.29) is 11.8 Å². The summed E-state index contributed by atoms with van der Waals surface area (Å²) in [5.74, 6) is 0.355. The van der Waals surface area contributed by atoms with Gasteiger partial charge in [0.05, 0.1) is 28.8 Å². The number of amides is 1. The first-order valence-corrected chi connectivity index (χ1v) is 9.78. The minimum atomic E-state index is 0.117. The Hall–Kier alpha value is -2.08. The van der Waals surface area contributed by atoms with Gasteiger partial charge in [0, 0.05) is 37.4 Å². The van der Waals surface area contributed by atoms with E-state index in [0.29, 0.717) is 11.1 Å². The average molecular weight is 374 g/mol. The molecule has 0 atom stereocenters. The van der Waals surface area contributed by atoms with Crippen LogP contribution in [0.1, 0.15) is 38.5 Å². The van der Waals surface area contributed by atoms with Crippen molar-refractivity contribution in [3.05, 3.63) is 35.9 Å². The number of carbonyl (C=O) groups excluding carboxylic acids is 1. The number of nitrogens with zero attached hydrogens (tertiary/aromatic N) is 4. The van der Waals surface area contributed by atoms with Crippen molar-refractivity contribution in [1.29, 1.82) is 0 Å². The lowest BCUT2D eigenvalue weighted by molar-refractivity contribution is -0.126. The summed E-state index contributed by atoms with van der Waals surface area (Å²) < 4.78 is 1.78. The molecule has 2 aliphatic rings. The minimum Gasteiger partial charge on any atom is -0.368 e. The number of nitrogens with one attached hydrogen (secondary N) is 1. The quantitative estimate of drug-likeness (QED) is 0.893. The van der Waals surface area contributed by atoms with Crippen LogP contribution in [-0.2, 0) is 4.79 Å². The standard InChI is InChI=1S/C19H24ClN5O/c20-15-11-22-25(13-15)17-5-8-21-12-18(17)24-9-6-14(7-10-24)19(26)23-16-3-1-2-4-16/h5,8,11-14,16H,1-4,6-7,9-10H2,(H,23,26). The van der Waals surface area contributed by atoms with Crippen LogP contribution in [0.3, 0.4) is 0 Å². The number of pyridine rings is 1. The Kier molecular flexibility index (Phi) is 5.11. The van der Waals surface area contributed by atoms with E-state index >= 15 is 0 Å². The fraction of sp³-hybridized carbons (Fsp3) is 0.526. The molecule has 0 spiro atoms. The van der Waals surface area contributed by atoms with E-state index in [2.05, 4.69) is 20.3 Å². The first kappa shape index (κ1) is 17.3. The highest BCUT2D eigenvalue weighted by Gasteiger charge is 2.28. The second kappa shape index (κ2) is 7.66. The predicted molar refractivity (Wildman–Crippen MR) is 102 cm³/mol. The summed E-state index contributed by atoms with van der Waals surface area (Å²) in [6, 6.07) is 2.34. The molecule has 1 aliphatic heterocycles. The van der Waals surface area contributed by atoms with Crippen molar-refractivity contribution < 1.29 is 4.79 Å². The van der Waals surface area contributed by atoms with Gasteiger partial charge in [-0.3, -0.25) is 9.78 Å². The van der Waals surface area contributed by atoms with Crippen molar-refractivity contribution in [2.24, 2.45) is 5.92 Å². The van der Waals surface area contributed by atoms with Gasteiger partial charge < -0.3 is 10.2 Å². The first-order chi connectivity index (χ1) is 12.7. The summed E-state index contributed by atoms with van der Waals surface area (Å²) >= 11 is 6.02. The lowest BCUT2D eigenvalue weighted by atomic mass is 9.95. The molecule has 0 unspecified atom stereocenters. The largest absolute Gasteiger partial charge is 0.368 e. The third-order valence-electron chi connectivity index (χ3n) is 5.48. The maximum atomic E-state index is 12.5. The lowest BCUT2D eigenvalue weighted by Gasteiger charge is -2.34. The molecule has 2 aromatic heterocycles. The number of piperidine rings is 1. The van der Waals surface area contributed by atoms with Crippen molar-refractivity contribution in [3.8, 4) is 5.69 Å². The molecule has 7 heteroatoms. The van der Waals surface area contributed by atoms with Crippen molar-refractivity contribution in [3.63, 3.8) is 0 Å². The molecular weight excluding hydrogens is 350 g/mol. The molecule has 1 N–H and O–H groups in total. The first-order valence-electron chi connectivity index (χ1n) is 9.40. The topological polar surface area (TPSA) is 63.1 Å². The summed E-state index contributed by atoms with van der Waals surface area (Å²) in [6.45, 7) is 1.69. The van der Waals surface area contributed by atoms with Gasteiger partial charge in [0.2, 0.25) is 5.91 Å². The summed E-state index contributed by atoms with van der Waals surface area (Å²) in [7, 11) is 0. The van der Waals surface area contributed by atoms with E-state index in [1.807, 2.05) is 12.3 Å². The van der Waals surface area contributed by atoms with Crippen molar-refractivity contribution >= 4 is 23.2 Å². The monoisotopic (exact) mass is 373 g/mol. The molecule has 1 saturated carbocycles. The van der Waals surface area contributed by atoms with E-state index in [1.165, 1.54) is 12.8 Å². The average Bonchev–Trinajstić information content (AvgIpc) is 3.33. The van der Waals surface area contributed by atoms with Crippen LogP contribution in [0.5, 0.6) is 0 Å². The van der Waals surface area contributed by atoms with Crippen LogP contribution in [0.4, 0.5) is 5.69 Å². The summed E-state index contributed by atoms with van der Waals surface area (Å²) in [4.78, 5) is 19.1. The fourth-order valence-corrected chi connectivity index (χ4v) is 4.16. The van der Waals surface area contributed by atoms with Crippen LogP contribution in [0.25, 0.3) is 5.69 Å². The van der Waals surface area contributed by atoms with Gasteiger partial charge in [-0.25, -0.2) is 4.68 Å². The SMILES string of the molecule is O=C(NC1CCCC1)C1CCN(c2cnccc2-n2cc(Cl)cn2)CC1. The molecule has 2 fully saturated rings. The van der Waals surface area contributed by atoms with Gasteiger partial charge in [-0.2, -0.15) is 5.10 Å². The smallest absolute Gasteiger partial charge is 0.223 e. The lowest BCUT2D eigenvalue weighted by Crippen LogP contribution is -2.43. The molecule has 1 saturated heterocycles. The van der Waals surface area contributed by atoms with Crippen molar-refractivity contribution in [2.45, 2.75) is 44.6 Å². The molecule has 0 aromatic carbocycles. The number of anilines is 1. The molecule has 6 nitrogen and oxygen atoms in total. The second-order valence-corrected chi connectivity index (χ2v) is 7.66. The van der Waals surface area contributed by atoms with Crippen molar-refractivity contribution in [2.75, 3.05) is 18.0 Å². The van der Waals surface area contributed by atoms with E-state index in [0.717, 1.165) is 50.1 Å². The number of hydrogen-bond acceptors (Lipinski definition) is 4. The van der Waals surface area contributed by atoms with Gasteiger partial charge in [0.15, 0.2) is 0 Å². The number of halogens is 1. The Morgan fingerprint density at radius 2 is 1.88 bits per heavy atom. The van der Waals surface area contributed by atoms with Gasteiger partial charge in [0.1, 0.15) is 0 Å². The number of carbonyl (C=O) groups is 1. The molecular formula is C19H24ClN5O. The molecule has 1 aliphatic carbocycles. The van der Waals surface area contributed by atoms with E-state index in [1.54, 1.807) is 23.3 Å². The zero-order valence-corrected chi connectivity index (χ0v) is 15.5. The molecule has 1 amide bonds. The van der Waals surface area contributed by atoms with Crippen LogP contribution in [0.15, 0.2) is 30.9 Å². The fourth-order valence-electron chi connectivity index (χ4n) is 4.02. The number of hydrogen-bond donors (Lipinski definition) is 1. The molecule has 2 aromatic rings. The molecule has 26 heavy (non-hydrogen) atoms. The second-order valence-electron chi connectivity index (χ2n) is 7.22. The maximum absolute atomic E-state index is 12.5. The van der Waals surface area contributed by atoms with Gasteiger partial charge in [-0.1, -0.05) is 24.4 Å². The highest BCUT2D eigenvalue weighted by molar-refractivity contribution is 6.30. The maximum Gasteiger partial charge on any atom is 0.223 e. The van der Waals surface area contributed by atoms with Crippen LogP contribution in [-0.4, -0.2) is 39.8 Å². The van der Waals surface area contributed by atoms with Crippen LogP contribution in [0, 0.1) is 5.92 Å². The van der Waals surface area contributed by atoms with Gasteiger partial charge in [0.25, 0.3) is 0 Å². The Labute approximate surface area is 158 Å². The van der Waals surface area contributed by atoms with Gasteiger partial charge in [-0.05, 0) is 31.7 Å². The van der Waals surface area contributed by atoms with E-state index < -0.39 is 0 Å². The zero-order valence-electron chi connectivity index (χ0n) is 14.8. The molecule has 138 valence electrons. The molecule has 3 heterocycles. The molecule has 0 bridgehead atoms. The number of rotatable bonds is 4. The Balaban J connectivity index is 1.41. The van der Waals surface area contributed by atoms with Crippen LogP contribution >= 0.6 is 11.6 Å². The summed E-state index contributed by atoms with van der Waals surface area (Å²) in [5, 5.41) is 8.16. The van der Waals surface area contributed by atoms with Crippen LogP contribution < -0.4 is 10.2 Å². The van der Waals surface area contributed by atoms with E-state index in [9.17, 15) is 4.79 Å². The third kappa shape index (κ3) is 3.70. The highest BCUT2D eigenvalue weighted by Crippen LogP contribution is 2.29. The normalized spacial score (nSPS) is 19.0. The Bertz CT molecular complexity index is 763. The molecule has 4 rings (SSSR count). The zero-order chi connectivity index (χ0) is 17.9. The summed E-state index contributed by atoms with van der Waals surface area (Å²) in [6.07, 6.45) is 13.5. The van der Waals surface area contributed by atoms with Gasteiger partial charge in [-0.15, -0.1) is 0 Å². The van der Waals surface area contributed by atoms with Gasteiger partial charge >= 0.3 is 0 Å². The molecule has 0 radical (unpaired) electrons. The number of aromatic nitrogens is 3.